The van der Waals surface area contributed by atoms with Crippen LogP contribution < -0.4 is 16.2 Å². The molecule has 0 radical (unpaired) electrons. The number of carbonyl (C=O) groups is 2. The molecule has 0 aromatic heterocycles. The van der Waals surface area contributed by atoms with Crippen LogP contribution in [0.2, 0.25) is 0 Å². The first-order valence-corrected chi connectivity index (χ1v) is 8.97. The van der Waals surface area contributed by atoms with Crippen molar-refractivity contribution < 1.29 is 14.3 Å². The van der Waals surface area contributed by atoms with E-state index in [-0.39, 0.29) is 24.0 Å². The van der Waals surface area contributed by atoms with Gasteiger partial charge in [0, 0.05) is 17.8 Å². The van der Waals surface area contributed by atoms with E-state index in [9.17, 15) is 9.59 Å². The Morgan fingerprint density at radius 2 is 1.85 bits per heavy atom. The Bertz CT molecular complexity index is 803. The number of carbonyl (C=O) groups excluding carboxylic acids is 2. The fourth-order valence-corrected chi connectivity index (χ4v) is 2.89. The number of nitrogens with one attached hydrogen (secondary N) is 3. The predicted molar refractivity (Wildman–Crippen MR) is 105 cm³/mol. The first-order chi connectivity index (χ1) is 13.2. The molecule has 0 saturated carbocycles. The highest BCUT2D eigenvalue weighted by molar-refractivity contribution is 5.95. The highest BCUT2D eigenvalue weighted by atomic mass is 16.5. The van der Waals surface area contributed by atoms with Crippen molar-refractivity contribution in [2.45, 2.75) is 25.4 Å². The SMILES string of the molecule is CCOC(=O)/C=C/c1ccc(NC(=O)C2CC(c3ccccc3)NN2)cc1. The maximum absolute atomic E-state index is 12.5. The monoisotopic (exact) mass is 365 g/mol. The van der Waals surface area contributed by atoms with Crippen LogP contribution in [0.4, 0.5) is 5.69 Å². The molecule has 1 aliphatic heterocycles. The molecule has 1 saturated heterocycles. The number of amides is 1. The summed E-state index contributed by atoms with van der Waals surface area (Å²) < 4.78 is 4.84. The summed E-state index contributed by atoms with van der Waals surface area (Å²) in [5.74, 6) is -0.460. The number of rotatable bonds is 6. The van der Waals surface area contributed by atoms with Gasteiger partial charge < -0.3 is 10.1 Å². The van der Waals surface area contributed by atoms with Crippen molar-refractivity contribution in [3.8, 4) is 0 Å². The predicted octanol–water partition coefficient (Wildman–Crippen LogP) is 2.81. The quantitative estimate of drug-likeness (QED) is 0.542. The van der Waals surface area contributed by atoms with Gasteiger partial charge in [-0.05, 0) is 42.7 Å². The largest absolute Gasteiger partial charge is 0.463 e. The van der Waals surface area contributed by atoms with Gasteiger partial charge in [0.2, 0.25) is 5.91 Å². The zero-order valence-electron chi connectivity index (χ0n) is 15.1. The minimum Gasteiger partial charge on any atom is -0.463 e. The molecule has 1 heterocycles. The Morgan fingerprint density at radius 3 is 2.56 bits per heavy atom. The van der Waals surface area contributed by atoms with E-state index < -0.39 is 0 Å². The summed E-state index contributed by atoms with van der Waals surface area (Å²) in [7, 11) is 0. The van der Waals surface area contributed by atoms with Crippen molar-refractivity contribution >= 4 is 23.6 Å². The fraction of sp³-hybridized carbons (Fsp3) is 0.238. The summed E-state index contributed by atoms with van der Waals surface area (Å²) >= 11 is 0. The van der Waals surface area contributed by atoms with Gasteiger partial charge >= 0.3 is 5.97 Å². The number of hydrogen-bond donors (Lipinski definition) is 3. The summed E-state index contributed by atoms with van der Waals surface area (Å²) in [5, 5.41) is 2.91. The summed E-state index contributed by atoms with van der Waals surface area (Å²) in [6.45, 7) is 2.11. The molecule has 1 aliphatic rings. The normalized spacial score (nSPS) is 19.1. The lowest BCUT2D eigenvalue weighted by Gasteiger charge is -2.11. The lowest BCUT2D eigenvalue weighted by molar-refractivity contribution is -0.137. The second-order valence-electron chi connectivity index (χ2n) is 6.24. The topological polar surface area (TPSA) is 79.5 Å². The zero-order chi connectivity index (χ0) is 19.1. The molecule has 0 spiro atoms. The van der Waals surface area contributed by atoms with E-state index in [4.69, 9.17) is 4.74 Å². The van der Waals surface area contributed by atoms with Crippen LogP contribution in [0.25, 0.3) is 6.08 Å². The van der Waals surface area contributed by atoms with Gasteiger partial charge in [-0.2, -0.15) is 0 Å². The van der Waals surface area contributed by atoms with E-state index in [0.29, 0.717) is 18.7 Å². The van der Waals surface area contributed by atoms with Gasteiger partial charge in [0.25, 0.3) is 0 Å². The van der Waals surface area contributed by atoms with E-state index in [1.165, 1.54) is 6.08 Å². The smallest absolute Gasteiger partial charge is 0.330 e. The van der Waals surface area contributed by atoms with Crippen LogP contribution in [0.1, 0.15) is 30.5 Å². The van der Waals surface area contributed by atoms with E-state index in [1.54, 1.807) is 25.1 Å². The molecular weight excluding hydrogens is 342 g/mol. The molecule has 3 N–H and O–H groups in total. The molecule has 2 aromatic carbocycles. The molecule has 2 atom stereocenters. The van der Waals surface area contributed by atoms with Crippen LogP contribution in [-0.4, -0.2) is 24.5 Å². The number of hydrazine groups is 1. The second kappa shape index (κ2) is 9.12. The average molecular weight is 365 g/mol. The Hall–Kier alpha value is -2.96. The Balaban J connectivity index is 1.53. The van der Waals surface area contributed by atoms with Crippen molar-refractivity contribution in [2.75, 3.05) is 11.9 Å². The third kappa shape index (κ3) is 5.26. The highest BCUT2D eigenvalue weighted by Gasteiger charge is 2.29. The molecule has 140 valence electrons. The van der Waals surface area contributed by atoms with Gasteiger partial charge in [-0.1, -0.05) is 42.5 Å². The first-order valence-electron chi connectivity index (χ1n) is 8.97. The molecule has 0 bridgehead atoms. The average Bonchev–Trinajstić information content (AvgIpc) is 3.19. The molecular formula is C21H23N3O3. The minimum absolute atomic E-state index is 0.0873. The van der Waals surface area contributed by atoms with Gasteiger partial charge in [-0.15, -0.1) is 0 Å². The minimum atomic E-state index is -0.373. The van der Waals surface area contributed by atoms with Crippen LogP contribution in [0.3, 0.4) is 0 Å². The Kier molecular flexibility index (Phi) is 6.35. The van der Waals surface area contributed by atoms with Crippen LogP contribution >= 0.6 is 0 Å². The molecule has 2 aromatic rings. The molecule has 0 aliphatic carbocycles. The molecule has 3 rings (SSSR count). The zero-order valence-corrected chi connectivity index (χ0v) is 15.1. The number of hydrogen-bond acceptors (Lipinski definition) is 5. The van der Waals surface area contributed by atoms with Gasteiger partial charge in [-0.25, -0.2) is 15.6 Å². The standard InChI is InChI=1S/C21H23N3O3/c1-2-27-20(25)13-10-15-8-11-17(12-9-15)22-21(26)19-14-18(23-24-19)16-6-4-3-5-7-16/h3-13,18-19,23-24H,2,14H2,1H3,(H,22,26)/b13-10+. The number of esters is 1. The summed E-state index contributed by atoms with van der Waals surface area (Å²) in [5.41, 5.74) is 8.94. The lowest BCUT2D eigenvalue weighted by Crippen LogP contribution is -2.39. The number of ether oxygens (including phenoxy) is 1. The van der Waals surface area contributed by atoms with Gasteiger partial charge in [-0.3, -0.25) is 4.79 Å². The van der Waals surface area contributed by atoms with E-state index in [2.05, 4.69) is 16.2 Å². The Morgan fingerprint density at radius 1 is 1.11 bits per heavy atom. The van der Waals surface area contributed by atoms with Crippen LogP contribution in [0, 0.1) is 0 Å². The summed E-state index contributed by atoms with van der Waals surface area (Å²) in [4.78, 5) is 23.8. The van der Waals surface area contributed by atoms with Crippen LogP contribution in [0.15, 0.2) is 60.7 Å². The van der Waals surface area contributed by atoms with Crippen molar-refractivity contribution in [1.82, 2.24) is 10.9 Å². The van der Waals surface area contributed by atoms with Gasteiger partial charge in [0.1, 0.15) is 6.04 Å². The maximum atomic E-state index is 12.5. The van der Waals surface area contributed by atoms with Crippen LogP contribution in [-0.2, 0) is 14.3 Å². The number of benzene rings is 2. The van der Waals surface area contributed by atoms with E-state index in [1.807, 2.05) is 42.5 Å². The summed E-state index contributed by atoms with van der Waals surface area (Å²) in [6.07, 6.45) is 3.74. The Labute approximate surface area is 158 Å². The molecule has 27 heavy (non-hydrogen) atoms. The van der Waals surface area contributed by atoms with E-state index in [0.717, 1.165) is 11.1 Å². The van der Waals surface area contributed by atoms with Crippen LogP contribution in [0.5, 0.6) is 0 Å². The highest BCUT2D eigenvalue weighted by Crippen LogP contribution is 2.22. The molecule has 1 fully saturated rings. The summed E-state index contributed by atoms with van der Waals surface area (Å²) in [6, 6.07) is 17.1. The molecule has 6 nitrogen and oxygen atoms in total. The lowest BCUT2D eigenvalue weighted by atomic mass is 10.0. The molecule has 6 heteroatoms. The number of anilines is 1. The van der Waals surface area contributed by atoms with Gasteiger partial charge in [0.15, 0.2) is 0 Å². The van der Waals surface area contributed by atoms with E-state index >= 15 is 0 Å². The molecule has 2 unspecified atom stereocenters. The molecule has 1 amide bonds. The van der Waals surface area contributed by atoms with Crippen molar-refractivity contribution in [1.29, 1.82) is 0 Å². The first kappa shape index (κ1) is 18.8. The van der Waals surface area contributed by atoms with Crippen molar-refractivity contribution in [3.05, 3.63) is 71.8 Å². The van der Waals surface area contributed by atoms with Crippen molar-refractivity contribution in [3.63, 3.8) is 0 Å². The third-order valence-corrected chi connectivity index (χ3v) is 4.30. The fourth-order valence-electron chi connectivity index (χ4n) is 2.89. The maximum Gasteiger partial charge on any atom is 0.330 e. The van der Waals surface area contributed by atoms with Gasteiger partial charge in [0.05, 0.1) is 6.61 Å². The van der Waals surface area contributed by atoms with Crippen molar-refractivity contribution in [2.24, 2.45) is 0 Å². The second-order valence-corrected chi connectivity index (χ2v) is 6.24. The third-order valence-electron chi connectivity index (χ3n) is 4.30.